The third kappa shape index (κ3) is 5.30. The molecule has 142 valence electrons. The highest BCUT2D eigenvalue weighted by Gasteiger charge is 2.22. The first-order valence-corrected chi connectivity index (χ1v) is 9.21. The highest BCUT2D eigenvalue weighted by atomic mass is 16.5. The minimum absolute atomic E-state index is 0.206. The first kappa shape index (κ1) is 19.4. The van der Waals surface area contributed by atoms with Gasteiger partial charge in [0.2, 0.25) is 5.91 Å². The Bertz CT molecular complexity index is 906. The summed E-state index contributed by atoms with van der Waals surface area (Å²) in [5.41, 5.74) is 4.09. The number of carbonyl (C=O) groups excluding carboxylic acids is 2. The van der Waals surface area contributed by atoms with Crippen LogP contribution in [0.3, 0.4) is 0 Å². The zero-order valence-electron chi connectivity index (χ0n) is 15.8. The topological polar surface area (TPSA) is 55.4 Å². The second kappa shape index (κ2) is 9.51. The lowest BCUT2D eigenvalue weighted by atomic mass is 10.0. The van der Waals surface area contributed by atoms with E-state index in [0.717, 1.165) is 22.3 Å². The minimum Gasteiger partial charge on any atom is -0.467 e. The zero-order valence-corrected chi connectivity index (χ0v) is 15.8. The maximum absolute atomic E-state index is 12.4. The van der Waals surface area contributed by atoms with E-state index in [1.54, 1.807) is 0 Å². The predicted octanol–water partition coefficient (Wildman–Crippen LogP) is 3.80. The van der Waals surface area contributed by atoms with Crippen LogP contribution < -0.4 is 5.32 Å². The number of rotatable bonds is 7. The van der Waals surface area contributed by atoms with Gasteiger partial charge in [-0.05, 0) is 22.3 Å². The Morgan fingerprint density at radius 2 is 1.36 bits per heavy atom. The number of amides is 1. The van der Waals surface area contributed by atoms with Gasteiger partial charge in [0.15, 0.2) is 0 Å². The molecular formula is C24H23NO3. The monoisotopic (exact) mass is 373 g/mol. The van der Waals surface area contributed by atoms with Gasteiger partial charge in [-0.1, -0.05) is 84.9 Å². The van der Waals surface area contributed by atoms with Crippen molar-refractivity contribution in [2.24, 2.45) is 0 Å². The summed E-state index contributed by atoms with van der Waals surface area (Å²) in [7, 11) is 1.33. The smallest absolute Gasteiger partial charge is 0.328 e. The lowest BCUT2D eigenvalue weighted by Gasteiger charge is -2.17. The van der Waals surface area contributed by atoms with Gasteiger partial charge in [-0.2, -0.15) is 0 Å². The second-order valence-electron chi connectivity index (χ2n) is 6.57. The first-order valence-electron chi connectivity index (χ1n) is 9.21. The van der Waals surface area contributed by atoms with Crippen molar-refractivity contribution >= 4 is 11.9 Å². The highest BCUT2D eigenvalue weighted by molar-refractivity contribution is 5.85. The van der Waals surface area contributed by atoms with Crippen LogP contribution >= 0.6 is 0 Å². The average Bonchev–Trinajstić information content (AvgIpc) is 2.74. The van der Waals surface area contributed by atoms with E-state index in [2.05, 4.69) is 17.4 Å². The number of benzene rings is 3. The lowest BCUT2D eigenvalue weighted by molar-refractivity contribution is -0.145. The van der Waals surface area contributed by atoms with E-state index < -0.39 is 12.0 Å². The summed E-state index contributed by atoms with van der Waals surface area (Å²) < 4.78 is 4.88. The number of ether oxygens (including phenoxy) is 1. The highest BCUT2D eigenvalue weighted by Crippen LogP contribution is 2.19. The summed E-state index contributed by atoms with van der Waals surface area (Å²) in [6.45, 7) is 0. The van der Waals surface area contributed by atoms with E-state index >= 15 is 0 Å². The van der Waals surface area contributed by atoms with Gasteiger partial charge in [0.25, 0.3) is 0 Å². The van der Waals surface area contributed by atoms with Crippen LogP contribution in [0.15, 0.2) is 84.9 Å². The van der Waals surface area contributed by atoms with Crippen molar-refractivity contribution in [2.75, 3.05) is 7.11 Å². The number of hydrogen-bond acceptors (Lipinski definition) is 3. The molecule has 1 amide bonds. The Kier molecular flexibility index (Phi) is 6.58. The van der Waals surface area contributed by atoms with Gasteiger partial charge in [-0.3, -0.25) is 4.79 Å². The third-order valence-electron chi connectivity index (χ3n) is 4.53. The Balaban J connectivity index is 1.67. The van der Waals surface area contributed by atoms with Crippen LogP contribution in [0.4, 0.5) is 0 Å². The zero-order chi connectivity index (χ0) is 19.8. The Morgan fingerprint density at radius 3 is 1.96 bits per heavy atom. The quantitative estimate of drug-likeness (QED) is 0.641. The summed E-state index contributed by atoms with van der Waals surface area (Å²) in [6.07, 6.45) is 0.601. The standard InChI is InChI=1S/C24H23NO3/c1-28-24(27)22(25-23(26)17-18-8-4-2-5-9-18)16-19-12-14-21(15-13-19)20-10-6-3-7-11-20/h2-15,22H,16-17H2,1H3,(H,25,26)/t22-/m1/s1. The maximum Gasteiger partial charge on any atom is 0.328 e. The molecule has 0 aliphatic heterocycles. The van der Waals surface area contributed by atoms with Crippen LogP contribution in [0.1, 0.15) is 11.1 Å². The number of methoxy groups -OCH3 is 1. The molecule has 3 aromatic carbocycles. The van der Waals surface area contributed by atoms with E-state index in [9.17, 15) is 9.59 Å². The Morgan fingerprint density at radius 1 is 0.786 bits per heavy atom. The molecule has 4 heteroatoms. The van der Waals surface area contributed by atoms with Crippen molar-refractivity contribution in [1.82, 2.24) is 5.32 Å². The molecule has 0 aliphatic rings. The number of esters is 1. The molecule has 1 atom stereocenters. The van der Waals surface area contributed by atoms with E-state index in [1.165, 1.54) is 7.11 Å². The molecule has 0 aromatic heterocycles. The largest absolute Gasteiger partial charge is 0.467 e. The van der Waals surface area contributed by atoms with E-state index in [0.29, 0.717) is 6.42 Å². The Labute approximate surface area is 165 Å². The molecule has 0 fully saturated rings. The average molecular weight is 373 g/mol. The number of carbonyl (C=O) groups is 2. The molecule has 0 aliphatic carbocycles. The molecular weight excluding hydrogens is 350 g/mol. The van der Waals surface area contributed by atoms with Crippen molar-refractivity contribution < 1.29 is 14.3 Å². The fourth-order valence-electron chi connectivity index (χ4n) is 3.06. The molecule has 0 saturated carbocycles. The van der Waals surface area contributed by atoms with Crippen LogP contribution in [0.2, 0.25) is 0 Å². The minimum atomic E-state index is -0.719. The van der Waals surface area contributed by atoms with Gasteiger partial charge >= 0.3 is 5.97 Å². The van der Waals surface area contributed by atoms with Crippen molar-refractivity contribution in [1.29, 1.82) is 0 Å². The van der Waals surface area contributed by atoms with Crippen molar-refractivity contribution in [3.05, 3.63) is 96.1 Å². The number of nitrogens with one attached hydrogen (secondary N) is 1. The van der Waals surface area contributed by atoms with Gasteiger partial charge in [-0.15, -0.1) is 0 Å². The summed E-state index contributed by atoms with van der Waals surface area (Å²) in [4.78, 5) is 24.5. The van der Waals surface area contributed by atoms with E-state index in [1.807, 2.05) is 72.8 Å². The lowest BCUT2D eigenvalue weighted by Crippen LogP contribution is -2.43. The van der Waals surface area contributed by atoms with Gasteiger partial charge < -0.3 is 10.1 Å². The summed E-state index contributed by atoms with van der Waals surface area (Å²) in [5, 5.41) is 2.80. The molecule has 0 bridgehead atoms. The summed E-state index contributed by atoms with van der Waals surface area (Å²) in [5.74, 6) is -0.656. The maximum atomic E-state index is 12.4. The molecule has 0 radical (unpaired) electrons. The van der Waals surface area contributed by atoms with Crippen LogP contribution in [-0.4, -0.2) is 25.0 Å². The first-order chi connectivity index (χ1) is 13.7. The molecule has 0 heterocycles. The normalized spacial score (nSPS) is 11.5. The van der Waals surface area contributed by atoms with E-state index in [4.69, 9.17) is 4.74 Å². The van der Waals surface area contributed by atoms with Gasteiger partial charge in [-0.25, -0.2) is 4.79 Å². The molecule has 0 saturated heterocycles. The van der Waals surface area contributed by atoms with E-state index in [-0.39, 0.29) is 12.3 Å². The second-order valence-corrected chi connectivity index (χ2v) is 6.57. The van der Waals surface area contributed by atoms with Gasteiger partial charge in [0, 0.05) is 6.42 Å². The SMILES string of the molecule is COC(=O)[C@@H](Cc1ccc(-c2ccccc2)cc1)NC(=O)Cc1ccccc1. The molecule has 3 aromatic rings. The van der Waals surface area contributed by atoms with Crippen LogP contribution in [0.25, 0.3) is 11.1 Å². The molecule has 0 unspecified atom stereocenters. The predicted molar refractivity (Wildman–Crippen MR) is 110 cm³/mol. The van der Waals surface area contributed by atoms with Crippen molar-refractivity contribution in [3.8, 4) is 11.1 Å². The van der Waals surface area contributed by atoms with Crippen LogP contribution in [0.5, 0.6) is 0 Å². The molecule has 1 N–H and O–H groups in total. The van der Waals surface area contributed by atoms with Crippen molar-refractivity contribution in [2.45, 2.75) is 18.9 Å². The molecule has 28 heavy (non-hydrogen) atoms. The van der Waals surface area contributed by atoms with Crippen LogP contribution in [0, 0.1) is 0 Å². The van der Waals surface area contributed by atoms with Gasteiger partial charge in [0.1, 0.15) is 6.04 Å². The molecule has 4 nitrogen and oxygen atoms in total. The fraction of sp³-hybridized carbons (Fsp3) is 0.167. The Hall–Kier alpha value is -3.40. The molecule has 0 spiro atoms. The van der Waals surface area contributed by atoms with Gasteiger partial charge in [0.05, 0.1) is 13.5 Å². The number of hydrogen-bond donors (Lipinski definition) is 1. The third-order valence-corrected chi connectivity index (χ3v) is 4.53. The van der Waals surface area contributed by atoms with Crippen molar-refractivity contribution in [3.63, 3.8) is 0 Å². The summed E-state index contributed by atoms with van der Waals surface area (Å²) in [6, 6.07) is 26.8. The molecule has 3 rings (SSSR count). The van der Waals surface area contributed by atoms with Crippen LogP contribution in [-0.2, 0) is 27.2 Å². The fourth-order valence-corrected chi connectivity index (χ4v) is 3.06. The summed E-state index contributed by atoms with van der Waals surface area (Å²) >= 11 is 0.